The van der Waals surface area contributed by atoms with Crippen molar-refractivity contribution in [2.75, 3.05) is 5.32 Å². The third kappa shape index (κ3) is 3.80. The molecular formula is C21H21N5OS. The number of imidazole rings is 1. The molecule has 0 radical (unpaired) electrons. The van der Waals surface area contributed by atoms with Crippen molar-refractivity contribution in [1.29, 1.82) is 0 Å². The van der Waals surface area contributed by atoms with Gasteiger partial charge in [0.1, 0.15) is 10.7 Å². The number of hydrogen-bond donors (Lipinski definition) is 1. The summed E-state index contributed by atoms with van der Waals surface area (Å²) in [6.07, 6.45) is 4.43. The molecule has 1 aromatic carbocycles. The van der Waals surface area contributed by atoms with Crippen LogP contribution in [0.25, 0.3) is 5.65 Å². The maximum absolute atomic E-state index is 12.6. The lowest BCUT2D eigenvalue weighted by atomic mass is 10.1. The second-order valence-corrected chi connectivity index (χ2v) is 7.65. The molecule has 6 nitrogen and oxygen atoms in total. The first kappa shape index (κ1) is 18.3. The molecule has 0 saturated carbocycles. The van der Waals surface area contributed by atoms with Gasteiger partial charge in [0.15, 0.2) is 0 Å². The van der Waals surface area contributed by atoms with E-state index < -0.39 is 0 Å². The Hall–Kier alpha value is -3.06. The summed E-state index contributed by atoms with van der Waals surface area (Å²) in [7, 11) is 0. The van der Waals surface area contributed by atoms with Crippen LogP contribution in [-0.4, -0.2) is 25.5 Å². The van der Waals surface area contributed by atoms with Gasteiger partial charge in [0.05, 0.1) is 11.4 Å². The second-order valence-electron chi connectivity index (χ2n) is 6.58. The van der Waals surface area contributed by atoms with Crippen molar-refractivity contribution in [2.45, 2.75) is 33.1 Å². The molecule has 4 aromatic rings. The van der Waals surface area contributed by atoms with Crippen molar-refractivity contribution in [3.63, 3.8) is 0 Å². The smallest absolute Gasteiger partial charge is 0.286 e. The zero-order valence-corrected chi connectivity index (χ0v) is 16.7. The Morgan fingerprint density at radius 3 is 2.71 bits per heavy atom. The molecule has 0 saturated heterocycles. The van der Waals surface area contributed by atoms with Crippen LogP contribution in [0.5, 0.6) is 0 Å². The fraction of sp³-hybridized carbons (Fsp3) is 0.238. The molecule has 142 valence electrons. The summed E-state index contributed by atoms with van der Waals surface area (Å²) in [4.78, 5) is 17.1. The number of pyridine rings is 1. The normalized spacial score (nSPS) is 11.1. The van der Waals surface area contributed by atoms with Crippen molar-refractivity contribution in [2.24, 2.45) is 0 Å². The molecule has 0 unspecified atom stereocenters. The minimum absolute atomic E-state index is 0.240. The molecule has 28 heavy (non-hydrogen) atoms. The predicted molar refractivity (Wildman–Crippen MR) is 111 cm³/mol. The first-order valence-electron chi connectivity index (χ1n) is 9.29. The average molecular weight is 392 g/mol. The van der Waals surface area contributed by atoms with Gasteiger partial charge < -0.3 is 9.72 Å². The molecule has 7 heteroatoms. The molecule has 0 aliphatic heterocycles. The van der Waals surface area contributed by atoms with E-state index in [2.05, 4.69) is 39.6 Å². The highest BCUT2D eigenvalue weighted by Crippen LogP contribution is 2.18. The number of carbonyl (C=O) groups is 1. The molecule has 3 aromatic heterocycles. The topological polar surface area (TPSA) is 72.2 Å². The molecule has 0 aliphatic rings. The molecule has 3 heterocycles. The Kier molecular flexibility index (Phi) is 5.16. The number of aryl methyl sites for hydroxylation is 4. The Balaban J connectivity index is 1.44. The summed E-state index contributed by atoms with van der Waals surface area (Å²) in [6, 6.07) is 14.0. The summed E-state index contributed by atoms with van der Waals surface area (Å²) in [5.41, 5.74) is 5.00. The predicted octanol–water partition coefficient (Wildman–Crippen LogP) is 4.09. The highest BCUT2D eigenvalue weighted by molar-refractivity contribution is 7.13. The lowest BCUT2D eigenvalue weighted by molar-refractivity contribution is 0.102. The van der Waals surface area contributed by atoms with Crippen LogP contribution in [0.1, 0.15) is 38.7 Å². The largest absolute Gasteiger partial charge is 0.319 e. The molecule has 0 aliphatic carbocycles. The third-order valence-corrected chi connectivity index (χ3v) is 5.66. The van der Waals surface area contributed by atoms with Gasteiger partial charge in [0.25, 0.3) is 5.91 Å². The van der Waals surface area contributed by atoms with Gasteiger partial charge in [-0.3, -0.25) is 4.79 Å². The maximum Gasteiger partial charge on any atom is 0.286 e. The first-order valence-corrected chi connectivity index (χ1v) is 10.1. The Bertz CT molecular complexity index is 1120. The highest BCUT2D eigenvalue weighted by Gasteiger charge is 2.14. The second kappa shape index (κ2) is 7.90. The van der Waals surface area contributed by atoms with E-state index in [0.29, 0.717) is 10.7 Å². The van der Waals surface area contributed by atoms with E-state index in [9.17, 15) is 4.79 Å². The minimum Gasteiger partial charge on any atom is -0.319 e. The van der Waals surface area contributed by atoms with Crippen LogP contribution < -0.4 is 5.32 Å². The highest BCUT2D eigenvalue weighted by atomic mass is 32.1. The number of anilines is 1. The summed E-state index contributed by atoms with van der Waals surface area (Å²) in [5, 5.41) is 12.4. The van der Waals surface area contributed by atoms with E-state index in [0.717, 1.165) is 41.3 Å². The fourth-order valence-corrected chi connectivity index (χ4v) is 3.88. The van der Waals surface area contributed by atoms with Crippen LogP contribution in [-0.2, 0) is 19.3 Å². The number of rotatable bonds is 6. The van der Waals surface area contributed by atoms with Gasteiger partial charge in [-0.25, -0.2) is 4.98 Å². The third-order valence-electron chi connectivity index (χ3n) is 4.68. The molecule has 0 fully saturated rings. The minimum atomic E-state index is -0.240. The summed E-state index contributed by atoms with van der Waals surface area (Å²) < 4.78 is 2.00. The zero-order chi connectivity index (χ0) is 19.5. The standard InChI is InChI=1S/C21H21N5OS/c1-3-17-14(2)26-13-16(10-11-18(26)23-17)22-20(27)21-25-24-19(28-21)12-9-15-7-5-4-6-8-15/h4-8,10-11,13H,3,9,12H2,1-2H3,(H,22,27). The van der Waals surface area contributed by atoms with Gasteiger partial charge in [-0.2, -0.15) is 0 Å². The van der Waals surface area contributed by atoms with Gasteiger partial charge in [0, 0.05) is 18.3 Å². The van der Waals surface area contributed by atoms with Gasteiger partial charge >= 0.3 is 0 Å². The lowest BCUT2D eigenvalue weighted by Gasteiger charge is -2.04. The van der Waals surface area contributed by atoms with Crippen LogP contribution in [0.4, 0.5) is 5.69 Å². The molecule has 1 amide bonds. The van der Waals surface area contributed by atoms with Gasteiger partial charge in [-0.05, 0) is 37.5 Å². The van der Waals surface area contributed by atoms with E-state index >= 15 is 0 Å². The number of fused-ring (bicyclic) bond motifs is 1. The van der Waals surface area contributed by atoms with E-state index in [1.54, 1.807) is 0 Å². The Labute approximate surface area is 167 Å². The van der Waals surface area contributed by atoms with E-state index in [-0.39, 0.29) is 5.91 Å². The summed E-state index contributed by atoms with van der Waals surface area (Å²) in [5.74, 6) is -0.240. The maximum atomic E-state index is 12.6. The number of aromatic nitrogens is 4. The summed E-state index contributed by atoms with van der Waals surface area (Å²) >= 11 is 1.34. The van der Waals surface area contributed by atoms with E-state index in [4.69, 9.17) is 0 Å². The van der Waals surface area contributed by atoms with Crippen LogP contribution >= 0.6 is 11.3 Å². The van der Waals surface area contributed by atoms with E-state index in [1.807, 2.05) is 47.9 Å². The van der Waals surface area contributed by atoms with Crippen molar-refractivity contribution >= 4 is 28.6 Å². The molecular weight excluding hydrogens is 370 g/mol. The Morgan fingerprint density at radius 2 is 1.93 bits per heavy atom. The molecule has 0 atom stereocenters. The number of nitrogens with zero attached hydrogens (tertiary/aromatic N) is 4. The van der Waals surface area contributed by atoms with Crippen molar-refractivity contribution in [1.82, 2.24) is 19.6 Å². The van der Waals surface area contributed by atoms with Crippen molar-refractivity contribution in [3.8, 4) is 0 Å². The molecule has 0 bridgehead atoms. The number of nitrogens with one attached hydrogen (secondary N) is 1. The van der Waals surface area contributed by atoms with Gasteiger partial charge in [-0.1, -0.05) is 48.6 Å². The fourth-order valence-electron chi connectivity index (χ4n) is 3.15. The van der Waals surface area contributed by atoms with Crippen molar-refractivity contribution < 1.29 is 4.79 Å². The Morgan fingerprint density at radius 1 is 1.11 bits per heavy atom. The molecule has 1 N–H and O–H groups in total. The number of hydrogen-bond acceptors (Lipinski definition) is 5. The van der Waals surface area contributed by atoms with E-state index in [1.165, 1.54) is 16.9 Å². The van der Waals surface area contributed by atoms with Crippen molar-refractivity contribution in [3.05, 3.63) is 75.6 Å². The van der Waals surface area contributed by atoms with Crippen LogP contribution in [0.3, 0.4) is 0 Å². The number of carbonyl (C=O) groups excluding carboxylic acids is 1. The zero-order valence-electron chi connectivity index (χ0n) is 15.8. The molecule has 4 rings (SSSR count). The average Bonchev–Trinajstić information content (AvgIpc) is 3.32. The number of amides is 1. The van der Waals surface area contributed by atoms with Crippen LogP contribution in [0.15, 0.2) is 48.7 Å². The first-order chi connectivity index (χ1) is 13.6. The van der Waals surface area contributed by atoms with Crippen LogP contribution in [0.2, 0.25) is 0 Å². The van der Waals surface area contributed by atoms with Gasteiger partial charge in [-0.15, -0.1) is 10.2 Å². The SMILES string of the molecule is CCc1nc2ccc(NC(=O)c3nnc(CCc4ccccc4)s3)cn2c1C. The number of benzene rings is 1. The van der Waals surface area contributed by atoms with Crippen LogP contribution in [0, 0.1) is 6.92 Å². The summed E-state index contributed by atoms with van der Waals surface area (Å²) in [6.45, 7) is 4.12. The lowest BCUT2D eigenvalue weighted by Crippen LogP contribution is -2.12. The molecule has 0 spiro atoms. The monoisotopic (exact) mass is 391 g/mol. The van der Waals surface area contributed by atoms with Gasteiger partial charge in [0.2, 0.25) is 5.01 Å². The quantitative estimate of drug-likeness (QED) is 0.537.